The van der Waals surface area contributed by atoms with E-state index in [1.807, 2.05) is 12.1 Å². The summed E-state index contributed by atoms with van der Waals surface area (Å²) in [7, 11) is 0. The lowest BCUT2D eigenvalue weighted by atomic mass is 9.77. The van der Waals surface area contributed by atoms with Crippen LogP contribution in [0.2, 0.25) is 0 Å². The maximum Gasteiger partial charge on any atom is 0.223 e. The normalized spacial score (nSPS) is 31.6. The summed E-state index contributed by atoms with van der Waals surface area (Å²) in [5, 5.41) is 3.17. The zero-order valence-corrected chi connectivity index (χ0v) is 13.6. The number of amides is 1. The van der Waals surface area contributed by atoms with Crippen LogP contribution in [0.1, 0.15) is 62.8 Å². The van der Waals surface area contributed by atoms with E-state index in [9.17, 15) is 9.18 Å². The van der Waals surface area contributed by atoms with Gasteiger partial charge in [-0.3, -0.25) is 4.79 Å². The maximum absolute atomic E-state index is 14.0. The minimum absolute atomic E-state index is 0.0116. The third-order valence-corrected chi connectivity index (χ3v) is 5.54. The Hall–Kier alpha value is -1.42. The van der Waals surface area contributed by atoms with Gasteiger partial charge in [0.2, 0.25) is 5.91 Å². The molecule has 23 heavy (non-hydrogen) atoms. The summed E-state index contributed by atoms with van der Waals surface area (Å²) in [6.07, 6.45) is 7.87. The zero-order chi connectivity index (χ0) is 16.2. The van der Waals surface area contributed by atoms with Crippen molar-refractivity contribution in [2.75, 3.05) is 0 Å². The molecule has 1 amide bonds. The Morgan fingerprint density at radius 1 is 1.09 bits per heavy atom. The minimum Gasteiger partial charge on any atom is -0.352 e. The van der Waals surface area contributed by atoms with E-state index in [1.165, 1.54) is 6.07 Å². The molecule has 3 N–H and O–H groups in total. The first-order valence-corrected chi connectivity index (χ1v) is 8.95. The summed E-state index contributed by atoms with van der Waals surface area (Å²) in [5.41, 5.74) is 6.89. The molecule has 2 aliphatic carbocycles. The molecule has 0 spiro atoms. The van der Waals surface area contributed by atoms with Crippen molar-refractivity contribution < 1.29 is 9.18 Å². The second-order valence-electron chi connectivity index (χ2n) is 7.15. The topological polar surface area (TPSA) is 55.1 Å². The van der Waals surface area contributed by atoms with Crippen LogP contribution < -0.4 is 11.1 Å². The van der Waals surface area contributed by atoms with Gasteiger partial charge in [-0.05, 0) is 49.7 Å². The maximum atomic E-state index is 14.0. The molecule has 4 heteroatoms. The van der Waals surface area contributed by atoms with E-state index in [4.69, 9.17) is 5.73 Å². The molecular weight excluding hydrogens is 291 g/mol. The number of carbonyl (C=O) groups excluding carboxylic acids is 1. The molecule has 1 aromatic carbocycles. The van der Waals surface area contributed by atoms with Crippen molar-refractivity contribution in [3.63, 3.8) is 0 Å². The smallest absolute Gasteiger partial charge is 0.223 e. The number of halogens is 1. The van der Waals surface area contributed by atoms with E-state index in [0.717, 1.165) is 56.9 Å². The Labute approximate surface area is 137 Å². The average Bonchev–Trinajstić information content (AvgIpc) is 2.57. The van der Waals surface area contributed by atoms with E-state index in [2.05, 4.69) is 5.32 Å². The third-order valence-electron chi connectivity index (χ3n) is 5.54. The predicted octanol–water partition coefficient (Wildman–Crippen LogP) is 3.49. The van der Waals surface area contributed by atoms with Crippen LogP contribution in [0.4, 0.5) is 4.39 Å². The molecule has 0 aromatic heterocycles. The molecule has 0 saturated heterocycles. The molecule has 2 unspecified atom stereocenters. The van der Waals surface area contributed by atoms with E-state index >= 15 is 0 Å². The quantitative estimate of drug-likeness (QED) is 0.896. The molecule has 2 saturated carbocycles. The summed E-state index contributed by atoms with van der Waals surface area (Å²) >= 11 is 0. The van der Waals surface area contributed by atoms with Crippen molar-refractivity contribution in [2.24, 2.45) is 11.7 Å². The van der Waals surface area contributed by atoms with Crippen molar-refractivity contribution in [3.8, 4) is 0 Å². The summed E-state index contributed by atoms with van der Waals surface area (Å²) < 4.78 is 14.0. The van der Waals surface area contributed by atoms with E-state index in [0.29, 0.717) is 0 Å². The van der Waals surface area contributed by atoms with Crippen LogP contribution in [-0.4, -0.2) is 18.0 Å². The van der Waals surface area contributed by atoms with Gasteiger partial charge in [0.05, 0.1) is 0 Å². The first-order chi connectivity index (χ1) is 11.1. The summed E-state index contributed by atoms with van der Waals surface area (Å²) in [6, 6.07) is 7.17. The third kappa shape index (κ3) is 3.92. The van der Waals surface area contributed by atoms with Crippen LogP contribution in [0.15, 0.2) is 24.3 Å². The van der Waals surface area contributed by atoms with Gasteiger partial charge in [-0.1, -0.05) is 37.5 Å². The van der Waals surface area contributed by atoms with Crippen LogP contribution in [0.3, 0.4) is 0 Å². The van der Waals surface area contributed by atoms with E-state index < -0.39 is 0 Å². The fourth-order valence-corrected chi connectivity index (χ4v) is 4.16. The molecule has 126 valence electrons. The highest BCUT2D eigenvalue weighted by molar-refractivity contribution is 5.79. The molecule has 1 aromatic rings. The van der Waals surface area contributed by atoms with Gasteiger partial charge in [0.15, 0.2) is 0 Å². The van der Waals surface area contributed by atoms with E-state index in [1.54, 1.807) is 6.07 Å². The van der Waals surface area contributed by atoms with Crippen molar-refractivity contribution >= 4 is 5.91 Å². The Morgan fingerprint density at radius 2 is 1.87 bits per heavy atom. The lowest BCUT2D eigenvalue weighted by Gasteiger charge is -2.33. The Balaban J connectivity index is 1.61. The number of benzene rings is 1. The van der Waals surface area contributed by atoms with Crippen LogP contribution >= 0.6 is 0 Å². The number of nitrogens with two attached hydrogens (primary N) is 1. The van der Waals surface area contributed by atoms with Crippen molar-refractivity contribution in [3.05, 3.63) is 35.6 Å². The van der Waals surface area contributed by atoms with Gasteiger partial charge in [0.1, 0.15) is 5.82 Å². The average molecular weight is 318 g/mol. The molecule has 2 fully saturated rings. The van der Waals surface area contributed by atoms with Gasteiger partial charge in [-0.15, -0.1) is 0 Å². The highest BCUT2D eigenvalue weighted by atomic mass is 19.1. The largest absolute Gasteiger partial charge is 0.352 e. The van der Waals surface area contributed by atoms with Crippen molar-refractivity contribution in [1.82, 2.24) is 5.32 Å². The molecule has 3 rings (SSSR count). The summed E-state index contributed by atoms with van der Waals surface area (Å²) in [6.45, 7) is 0. The number of carbonyl (C=O) groups is 1. The standard InChI is InChI=1S/C19H27FN2O/c20-16-9-2-1-8-15(16)13-6-5-7-14(12-13)19(23)22-18-11-4-3-10-17(18)21/h1-2,8-9,13-14,17-18H,3-7,10-12,21H2,(H,22,23)/t13?,14?,17-,18-/m0/s1. The molecular formula is C19H27FN2O. The molecule has 0 bridgehead atoms. The Morgan fingerprint density at radius 3 is 2.65 bits per heavy atom. The van der Waals surface area contributed by atoms with E-state index in [-0.39, 0.29) is 35.6 Å². The first-order valence-electron chi connectivity index (χ1n) is 8.95. The second-order valence-corrected chi connectivity index (χ2v) is 7.15. The van der Waals surface area contributed by atoms with Crippen LogP contribution in [-0.2, 0) is 4.79 Å². The molecule has 2 aliphatic rings. The van der Waals surface area contributed by atoms with Gasteiger partial charge < -0.3 is 11.1 Å². The highest BCUT2D eigenvalue weighted by Gasteiger charge is 2.31. The monoisotopic (exact) mass is 318 g/mol. The van der Waals surface area contributed by atoms with Crippen LogP contribution in [0.5, 0.6) is 0 Å². The summed E-state index contributed by atoms with van der Waals surface area (Å²) in [4.78, 5) is 12.6. The minimum atomic E-state index is -0.145. The number of hydrogen-bond acceptors (Lipinski definition) is 2. The number of hydrogen-bond donors (Lipinski definition) is 2. The fourth-order valence-electron chi connectivity index (χ4n) is 4.16. The molecule has 3 nitrogen and oxygen atoms in total. The van der Waals surface area contributed by atoms with Crippen molar-refractivity contribution in [1.29, 1.82) is 0 Å². The number of nitrogens with one attached hydrogen (secondary N) is 1. The second kappa shape index (κ2) is 7.43. The van der Waals surface area contributed by atoms with Crippen LogP contribution in [0, 0.1) is 11.7 Å². The fraction of sp³-hybridized carbons (Fsp3) is 0.632. The van der Waals surface area contributed by atoms with Crippen LogP contribution in [0.25, 0.3) is 0 Å². The summed E-state index contributed by atoms with van der Waals surface area (Å²) in [5.74, 6) is 0.115. The molecule has 0 aliphatic heterocycles. The van der Waals surface area contributed by atoms with Gasteiger partial charge in [-0.25, -0.2) is 4.39 Å². The van der Waals surface area contributed by atoms with Gasteiger partial charge in [0.25, 0.3) is 0 Å². The van der Waals surface area contributed by atoms with Gasteiger partial charge in [0, 0.05) is 18.0 Å². The Bertz CT molecular complexity index is 548. The SMILES string of the molecule is N[C@H]1CCCC[C@@H]1NC(=O)C1CCCC(c2ccccc2F)C1. The van der Waals surface area contributed by atoms with Gasteiger partial charge >= 0.3 is 0 Å². The lowest BCUT2D eigenvalue weighted by Crippen LogP contribution is -2.51. The van der Waals surface area contributed by atoms with Crippen molar-refractivity contribution in [2.45, 2.75) is 69.4 Å². The number of rotatable bonds is 3. The van der Waals surface area contributed by atoms with Gasteiger partial charge in [-0.2, -0.15) is 0 Å². The Kier molecular flexibility index (Phi) is 5.31. The molecule has 0 heterocycles. The zero-order valence-electron chi connectivity index (χ0n) is 13.6. The lowest BCUT2D eigenvalue weighted by molar-refractivity contribution is -0.127. The predicted molar refractivity (Wildman–Crippen MR) is 89.5 cm³/mol. The first kappa shape index (κ1) is 16.4. The molecule has 0 radical (unpaired) electrons. The molecule has 4 atom stereocenters. The highest BCUT2D eigenvalue weighted by Crippen LogP contribution is 2.37.